The van der Waals surface area contributed by atoms with Crippen molar-refractivity contribution in [2.24, 2.45) is 5.84 Å². The third-order valence-electron chi connectivity index (χ3n) is 2.52. The highest BCUT2D eigenvalue weighted by Gasteiger charge is 2.13. The number of nitrogens with two attached hydrogens (primary N) is 1. The van der Waals surface area contributed by atoms with Gasteiger partial charge in [-0.2, -0.15) is 0 Å². The summed E-state index contributed by atoms with van der Waals surface area (Å²) < 4.78 is 28.2. The Bertz CT molecular complexity index is 641. The number of hydrogen-bond acceptors (Lipinski definition) is 7. The molecule has 20 heavy (non-hydrogen) atoms. The summed E-state index contributed by atoms with van der Waals surface area (Å²) in [4.78, 5) is 3.97. The number of nitrogens with one attached hydrogen (secondary N) is 2. The van der Waals surface area contributed by atoms with E-state index < -0.39 is 10.0 Å². The average molecular weight is 297 g/mol. The van der Waals surface area contributed by atoms with Crippen LogP contribution in [0.1, 0.15) is 6.42 Å². The van der Waals surface area contributed by atoms with Crippen molar-refractivity contribution in [2.45, 2.75) is 17.9 Å². The van der Waals surface area contributed by atoms with E-state index in [0.29, 0.717) is 19.5 Å². The van der Waals surface area contributed by atoms with E-state index in [2.05, 4.69) is 25.4 Å². The quantitative estimate of drug-likeness (QED) is 0.351. The van der Waals surface area contributed by atoms with E-state index in [9.17, 15) is 8.42 Å². The van der Waals surface area contributed by atoms with Gasteiger partial charge in [0.05, 0.1) is 11.1 Å². The maximum atomic E-state index is 12.0. The van der Waals surface area contributed by atoms with Gasteiger partial charge in [-0.15, -0.1) is 5.10 Å². The molecule has 0 fully saturated rings. The second-order valence-corrected chi connectivity index (χ2v) is 5.71. The van der Waals surface area contributed by atoms with Gasteiger partial charge in [-0.05, 0) is 12.5 Å². The summed E-state index contributed by atoms with van der Waals surface area (Å²) in [5.74, 6) is 5.48. The Morgan fingerprint density at radius 2 is 2.20 bits per heavy atom. The minimum absolute atomic E-state index is 0.112. The Morgan fingerprint density at radius 1 is 1.35 bits per heavy atom. The van der Waals surface area contributed by atoms with E-state index in [1.54, 1.807) is 17.1 Å². The Kier molecular flexibility index (Phi) is 4.61. The number of nitrogen functional groups attached to an aromatic ring is 1. The molecule has 4 N–H and O–H groups in total. The molecule has 0 amide bonds. The van der Waals surface area contributed by atoms with Gasteiger partial charge >= 0.3 is 0 Å². The normalized spacial score (nSPS) is 11.4. The van der Waals surface area contributed by atoms with E-state index in [0.717, 1.165) is 0 Å². The highest BCUT2D eigenvalue weighted by molar-refractivity contribution is 7.89. The van der Waals surface area contributed by atoms with E-state index in [4.69, 9.17) is 5.84 Å². The standard InChI is InChI=1S/C10H15N7O2S/c11-15-10-8-9(2-4-12-10)20(18,19)14-3-1-6-17-7-5-13-16-17/h2,4-5,7-8,14H,1,3,6,11H2,(H,12,15). The fourth-order valence-electron chi connectivity index (χ4n) is 1.54. The lowest BCUT2D eigenvalue weighted by atomic mass is 10.4. The average Bonchev–Trinajstić information content (AvgIpc) is 2.97. The zero-order valence-corrected chi connectivity index (χ0v) is 11.4. The van der Waals surface area contributed by atoms with Crippen molar-refractivity contribution in [3.8, 4) is 0 Å². The molecule has 0 atom stereocenters. The summed E-state index contributed by atoms with van der Waals surface area (Å²) in [6, 6.07) is 2.76. The maximum Gasteiger partial charge on any atom is 0.240 e. The molecule has 108 valence electrons. The van der Waals surface area contributed by atoms with Crippen molar-refractivity contribution in [3.63, 3.8) is 0 Å². The van der Waals surface area contributed by atoms with Crippen molar-refractivity contribution in [3.05, 3.63) is 30.7 Å². The number of hydrazine groups is 1. The van der Waals surface area contributed by atoms with Gasteiger partial charge < -0.3 is 5.43 Å². The molecular weight excluding hydrogens is 282 g/mol. The molecule has 0 spiro atoms. The van der Waals surface area contributed by atoms with Crippen LogP contribution in [0, 0.1) is 0 Å². The van der Waals surface area contributed by atoms with Crippen molar-refractivity contribution in [2.75, 3.05) is 12.0 Å². The van der Waals surface area contributed by atoms with E-state index in [-0.39, 0.29) is 10.7 Å². The zero-order valence-electron chi connectivity index (χ0n) is 10.6. The third-order valence-corrected chi connectivity index (χ3v) is 3.98. The summed E-state index contributed by atoms with van der Waals surface area (Å²) >= 11 is 0. The first-order valence-corrected chi connectivity index (χ1v) is 7.36. The Hall–Kier alpha value is -2.04. The number of aromatic nitrogens is 4. The number of aryl methyl sites for hydroxylation is 1. The molecule has 0 saturated heterocycles. The molecule has 0 saturated carbocycles. The van der Waals surface area contributed by atoms with E-state index in [1.165, 1.54) is 18.3 Å². The first-order valence-electron chi connectivity index (χ1n) is 5.88. The molecule has 0 bridgehead atoms. The molecule has 9 nitrogen and oxygen atoms in total. The van der Waals surface area contributed by atoms with Crippen LogP contribution >= 0.6 is 0 Å². The van der Waals surface area contributed by atoms with Crippen LogP contribution < -0.4 is 16.0 Å². The lowest BCUT2D eigenvalue weighted by molar-refractivity contribution is 0.542. The van der Waals surface area contributed by atoms with Crippen LogP contribution in [0.4, 0.5) is 5.82 Å². The van der Waals surface area contributed by atoms with Gasteiger partial charge in [0.2, 0.25) is 10.0 Å². The second kappa shape index (κ2) is 6.41. The summed E-state index contributed by atoms with van der Waals surface area (Å²) in [7, 11) is -3.56. The molecule has 2 aromatic rings. The predicted molar refractivity (Wildman–Crippen MR) is 71.9 cm³/mol. The van der Waals surface area contributed by atoms with Crippen molar-refractivity contribution in [1.29, 1.82) is 0 Å². The van der Waals surface area contributed by atoms with Crippen LogP contribution in [-0.2, 0) is 16.6 Å². The first kappa shape index (κ1) is 14.4. The van der Waals surface area contributed by atoms with Crippen LogP contribution in [-0.4, -0.2) is 34.9 Å². The van der Waals surface area contributed by atoms with Gasteiger partial charge in [-0.1, -0.05) is 5.21 Å². The van der Waals surface area contributed by atoms with E-state index >= 15 is 0 Å². The van der Waals surface area contributed by atoms with Gasteiger partial charge in [-0.25, -0.2) is 24.0 Å². The van der Waals surface area contributed by atoms with Crippen LogP contribution in [0.2, 0.25) is 0 Å². The molecule has 10 heteroatoms. The smallest absolute Gasteiger partial charge is 0.240 e. The van der Waals surface area contributed by atoms with Crippen LogP contribution in [0.5, 0.6) is 0 Å². The number of sulfonamides is 1. The van der Waals surface area contributed by atoms with Gasteiger partial charge in [-0.3, -0.25) is 4.68 Å². The Labute approximate surface area is 116 Å². The Balaban J connectivity index is 1.90. The number of anilines is 1. The van der Waals surface area contributed by atoms with Crippen LogP contribution in [0.25, 0.3) is 0 Å². The summed E-state index contributed by atoms with van der Waals surface area (Å²) in [6.07, 6.45) is 5.27. The zero-order chi connectivity index (χ0) is 14.4. The molecule has 0 aliphatic heterocycles. The molecular formula is C10H15N7O2S. The van der Waals surface area contributed by atoms with Crippen molar-refractivity contribution < 1.29 is 8.42 Å². The maximum absolute atomic E-state index is 12.0. The molecule has 2 aromatic heterocycles. The molecule has 0 aliphatic carbocycles. The van der Waals surface area contributed by atoms with Crippen molar-refractivity contribution >= 4 is 15.8 Å². The van der Waals surface area contributed by atoms with Gasteiger partial charge in [0.25, 0.3) is 0 Å². The highest BCUT2D eigenvalue weighted by atomic mass is 32.2. The molecule has 0 radical (unpaired) electrons. The Morgan fingerprint density at radius 3 is 2.90 bits per heavy atom. The minimum atomic E-state index is -3.56. The summed E-state index contributed by atoms with van der Waals surface area (Å²) in [5.41, 5.74) is 2.30. The number of rotatable bonds is 7. The second-order valence-electron chi connectivity index (χ2n) is 3.94. The number of hydrogen-bond donors (Lipinski definition) is 3. The fraction of sp³-hybridized carbons (Fsp3) is 0.300. The monoisotopic (exact) mass is 297 g/mol. The molecule has 0 aliphatic rings. The highest BCUT2D eigenvalue weighted by Crippen LogP contribution is 2.11. The van der Waals surface area contributed by atoms with Gasteiger partial charge in [0.15, 0.2) is 0 Å². The third kappa shape index (κ3) is 3.73. The summed E-state index contributed by atoms with van der Waals surface area (Å²) in [6.45, 7) is 0.893. The summed E-state index contributed by atoms with van der Waals surface area (Å²) in [5, 5.41) is 7.46. The molecule has 2 heterocycles. The first-order chi connectivity index (χ1) is 9.62. The van der Waals surface area contributed by atoms with Gasteiger partial charge in [0.1, 0.15) is 5.82 Å². The molecule has 2 rings (SSSR count). The molecule has 0 unspecified atom stereocenters. The lowest BCUT2D eigenvalue weighted by Gasteiger charge is -2.07. The number of pyridine rings is 1. The fourth-order valence-corrected chi connectivity index (χ4v) is 2.63. The molecule has 0 aromatic carbocycles. The largest absolute Gasteiger partial charge is 0.308 e. The van der Waals surface area contributed by atoms with Crippen LogP contribution in [0.15, 0.2) is 35.6 Å². The lowest BCUT2D eigenvalue weighted by Crippen LogP contribution is -2.26. The van der Waals surface area contributed by atoms with Gasteiger partial charge in [0, 0.05) is 31.5 Å². The predicted octanol–water partition coefficient (Wildman–Crippen LogP) is -0.673. The minimum Gasteiger partial charge on any atom is -0.308 e. The number of nitrogens with zero attached hydrogens (tertiary/aromatic N) is 4. The van der Waals surface area contributed by atoms with Crippen molar-refractivity contribution in [1.82, 2.24) is 24.7 Å². The van der Waals surface area contributed by atoms with Crippen LogP contribution in [0.3, 0.4) is 0 Å². The topological polar surface area (TPSA) is 128 Å². The SMILES string of the molecule is NNc1cc(S(=O)(=O)NCCCn2ccnn2)ccn1. The van der Waals surface area contributed by atoms with E-state index in [1.807, 2.05) is 0 Å².